The minimum absolute atomic E-state index is 0. The van der Waals surface area contributed by atoms with Gasteiger partial charge in [0.2, 0.25) is 0 Å². The molecule has 1 aromatic rings. The Morgan fingerprint density at radius 3 is 2.85 bits per heavy atom. The van der Waals surface area contributed by atoms with Gasteiger partial charge in [0.15, 0.2) is 0 Å². The van der Waals surface area contributed by atoms with Crippen molar-refractivity contribution in [1.82, 2.24) is 4.98 Å². The van der Waals surface area contributed by atoms with Crippen LogP contribution in [0.4, 0.5) is 0 Å². The molecule has 13 heavy (non-hydrogen) atoms. The molecule has 3 nitrogen and oxygen atoms in total. The monoisotopic (exact) mass is 199 g/mol. The fourth-order valence-electron chi connectivity index (χ4n) is 0.834. The molecule has 70 valence electrons. The zero-order valence-electron chi connectivity index (χ0n) is 7.10. The number of nitrogens with zero attached hydrogens (tertiary/aromatic N) is 1. The van der Waals surface area contributed by atoms with Crippen molar-refractivity contribution in [1.29, 1.82) is 0 Å². The first kappa shape index (κ1) is 11.6. The molecule has 0 aromatic carbocycles. The van der Waals surface area contributed by atoms with Crippen molar-refractivity contribution in [2.24, 2.45) is 0 Å². The van der Waals surface area contributed by atoms with Gasteiger partial charge in [-0.2, -0.15) is 0 Å². The van der Waals surface area contributed by atoms with Crippen LogP contribution in [0.15, 0.2) is 24.4 Å². The quantitative estimate of drug-likeness (QED) is 0.741. The Kier molecular flexibility index (Phi) is 4.77. The van der Waals surface area contributed by atoms with Gasteiger partial charge < -0.3 is 5.11 Å². The van der Waals surface area contributed by atoms with Crippen LogP contribution in [0.5, 0.6) is 0 Å². The summed E-state index contributed by atoms with van der Waals surface area (Å²) in [6.45, 7) is 1.83. The summed E-state index contributed by atoms with van der Waals surface area (Å²) < 4.78 is 0. The van der Waals surface area contributed by atoms with E-state index < -0.39 is 5.97 Å². The molecule has 0 aliphatic heterocycles. The number of rotatable bonds is 2. The average molecular weight is 200 g/mol. The van der Waals surface area contributed by atoms with Gasteiger partial charge in [-0.05, 0) is 24.6 Å². The Morgan fingerprint density at radius 1 is 1.62 bits per heavy atom. The fraction of sp³-hybridized carbons (Fsp3) is 0.111. The molecule has 0 radical (unpaired) electrons. The molecule has 0 aliphatic rings. The number of pyridine rings is 1. The van der Waals surface area contributed by atoms with E-state index in [2.05, 4.69) is 4.98 Å². The van der Waals surface area contributed by atoms with Crippen LogP contribution in [0.25, 0.3) is 6.08 Å². The van der Waals surface area contributed by atoms with E-state index in [-0.39, 0.29) is 12.4 Å². The number of halogens is 1. The smallest absolute Gasteiger partial charge is 0.328 e. The molecular weight excluding hydrogens is 190 g/mol. The van der Waals surface area contributed by atoms with Gasteiger partial charge in [-0.3, -0.25) is 4.98 Å². The first-order chi connectivity index (χ1) is 5.70. The highest BCUT2D eigenvalue weighted by Crippen LogP contribution is 2.05. The first-order valence-corrected chi connectivity index (χ1v) is 3.53. The van der Waals surface area contributed by atoms with Crippen LogP contribution in [-0.2, 0) is 4.79 Å². The van der Waals surface area contributed by atoms with Crippen molar-refractivity contribution in [3.8, 4) is 0 Å². The van der Waals surface area contributed by atoms with Crippen LogP contribution in [-0.4, -0.2) is 16.1 Å². The van der Waals surface area contributed by atoms with Crippen LogP contribution in [0, 0.1) is 6.92 Å². The largest absolute Gasteiger partial charge is 0.478 e. The molecule has 0 saturated heterocycles. The minimum atomic E-state index is -0.946. The van der Waals surface area contributed by atoms with Crippen molar-refractivity contribution < 1.29 is 9.90 Å². The maximum atomic E-state index is 10.2. The second-order valence-electron chi connectivity index (χ2n) is 2.35. The third-order valence-electron chi connectivity index (χ3n) is 1.45. The van der Waals surface area contributed by atoms with E-state index in [4.69, 9.17) is 5.11 Å². The molecular formula is C9H10ClNO2. The standard InChI is InChI=1S/C9H9NO2.ClH/c1-7-8(3-2-6-10-7)4-5-9(11)12;/h2-6H,1H3,(H,11,12);1H/b5-4+;. The van der Waals surface area contributed by atoms with E-state index in [9.17, 15) is 4.79 Å². The normalized spacial score (nSPS) is 9.62. The van der Waals surface area contributed by atoms with Crippen LogP contribution in [0.3, 0.4) is 0 Å². The highest BCUT2D eigenvalue weighted by Gasteiger charge is 1.93. The Hall–Kier alpha value is -1.35. The minimum Gasteiger partial charge on any atom is -0.478 e. The molecule has 1 aromatic heterocycles. The van der Waals surface area contributed by atoms with E-state index in [1.165, 1.54) is 6.08 Å². The van der Waals surface area contributed by atoms with Crippen molar-refractivity contribution >= 4 is 24.5 Å². The SMILES string of the molecule is Cc1ncccc1/C=C/C(=O)O.Cl. The van der Waals surface area contributed by atoms with E-state index in [0.717, 1.165) is 17.3 Å². The number of aliphatic carboxylic acids is 1. The molecule has 0 aliphatic carbocycles. The summed E-state index contributed by atoms with van der Waals surface area (Å²) in [6, 6.07) is 3.59. The van der Waals surface area contributed by atoms with Gasteiger partial charge in [-0.15, -0.1) is 12.4 Å². The zero-order chi connectivity index (χ0) is 8.97. The lowest BCUT2D eigenvalue weighted by Gasteiger charge is -1.95. The Labute approximate surface area is 82.5 Å². The van der Waals surface area contributed by atoms with Gasteiger partial charge in [-0.25, -0.2) is 4.79 Å². The number of carbonyl (C=O) groups is 1. The van der Waals surface area contributed by atoms with E-state index >= 15 is 0 Å². The van der Waals surface area contributed by atoms with Crippen LogP contribution in [0.2, 0.25) is 0 Å². The summed E-state index contributed by atoms with van der Waals surface area (Å²) in [7, 11) is 0. The Bertz CT molecular complexity index is 323. The van der Waals surface area contributed by atoms with Gasteiger partial charge in [-0.1, -0.05) is 6.07 Å². The number of carboxylic acids is 1. The maximum absolute atomic E-state index is 10.2. The van der Waals surface area contributed by atoms with Crippen LogP contribution in [0.1, 0.15) is 11.3 Å². The van der Waals surface area contributed by atoms with Crippen molar-refractivity contribution in [3.05, 3.63) is 35.7 Å². The number of hydrogen-bond acceptors (Lipinski definition) is 2. The first-order valence-electron chi connectivity index (χ1n) is 3.53. The predicted octanol–water partition coefficient (Wildman–Crippen LogP) is 1.91. The van der Waals surface area contributed by atoms with Crippen molar-refractivity contribution in [2.45, 2.75) is 6.92 Å². The Balaban J connectivity index is 0.00000144. The molecule has 0 spiro atoms. The van der Waals surface area contributed by atoms with Crippen LogP contribution >= 0.6 is 12.4 Å². The summed E-state index contributed by atoms with van der Waals surface area (Å²) in [4.78, 5) is 14.2. The Morgan fingerprint density at radius 2 is 2.31 bits per heavy atom. The van der Waals surface area contributed by atoms with E-state index in [1.54, 1.807) is 12.3 Å². The van der Waals surface area contributed by atoms with Gasteiger partial charge in [0.1, 0.15) is 0 Å². The molecule has 4 heteroatoms. The van der Waals surface area contributed by atoms with Gasteiger partial charge in [0.25, 0.3) is 0 Å². The van der Waals surface area contributed by atoms with Gasteiger partial charge in [0, 0.05) is 18.0 Å². The van der Waals surface area contributed by atoms with Crippen LogP contribution < -0.4 is 0 Å². The molecule has 1 rings (SSSR count). The number of aryl methyl sites for hydroxylation is 1. The maximum Gasteiger partial charge on any atom is 0.328 e. The van der Waals surface area contributed by atoms with Gasteiger partial charge in [0.05, 0.1) is 0 Å². The number of carboxylic acid groups (broad SMARTS) is 1. The third kappa shape index (κ3) is 3.71. The zero-order valence-corrected chi connectivity index (χ0v) is 7.91. The van der Waals surface area contributed by atoms with E-state index in [0.29, 0.717) is 0 Å². The topological polar surface area (TPSA) is 50.2 Å². The number of aromatic nitrogens is 1. The third-order valence-corrected chi connectivity index (χ3v) is 1.45. The summed E-state index contributed by atoms with van der Waals surface area (Å²) in [5.74, 6) is -0.946. The lowest BCUT2D eigenvalue weighted by atomic mass is 10.2. The van der Waals surface area contributed by atoms with Crippen molar-refractivity contribution in [2.75, 3.05) is 0 Å². The lowest BCUT2D eigenvalue weighted by Crippen LogP contribution is -1.88. The highest BCUT2D eigenvalue weighted by atomic mass is 35.5. The molecule has 0 saturated carbocycles. The number of hydrogen-bond donors (Lipinski definition) is 1. The van der Waals surface area contributed by atoms with E-state index in [1.807, 2.05) is 13.0 Å². The molecule has 0 unspecified atom stereocenters. The molecule has 1 heterocycles. The highest BCUT2D eigenvalue weighted by molar-refractivity contribution is 5.85. The second kappa shape index (κ2) is 5.32. The second-order valence-corrected chi connectivity index (χ2v) is 2.35. The van der Waals surface area contributed by atoms with Crippen molar-refractivity contribution in [3.63, 3.8) is 0 Å². The predicted molar refractivity (Wildman–Crippen MR) is 52.9 cm³/mol. The lowest BCUT2D eigenvalue weighted by molar-refractivity contribution is -0.131. The molecule has 1 N–H and O–H groups in total. The molecule has 0 amide bonds. The molecule has 0 bridgehead atoms. The van der Waals surface area contributed by atoms with Gasteiger partial charge >= 0.3 is 5.97 Å². The summed E-state index contributed by atoms with van der Waals surface area (Å²) in [6.07, 6.45) is 4.31. The average Bonchev–Trinajstić information content (AvgIpc) is 2.03. The summed E-state index contributed by atoms with van der Waals surface area (Å²) in [5.41, 5.74) is 1.66. The molecule has 0 atom stereocenters. The summed E-state index contributed by atoms with van der Waals surface area (Å²) >= 11 is 0. The molecule has 0 fully saturated rings. The summed E-state index contributed by atoms with van der Waals surface area (Å²) in [5, 5.41) is 8.36. The fourth-order valence-corrected chi connectivity index (χ4v) is 0.834.